The fourth-order valence-electron chi connectivity index (χ4n) is 2.12. The molecule has 110 valence electrons. The lowest BCUT2D eigenvalue weighted by Crippen LogP contribution is -2.25. The average molecular weight is 280 g/mol. The Bertz CT molecular complexity index is 452. The molecule has 2 rings (SSSR count). The van der Waals surface area contributed by atoms with Gasteiger partial charge in [0.15, 0.2) is 12.1 Å². The Kier molecular flexibility index (Phi) is 5.38. The van der Waals surface area contributed by atoms with Gasteiger partial charge in [-0.25, -0.2) is 0 Å². The Balaban J connectivity index is 2.00. The second kappa shape index (κ2) is 7.26. The quantitative estimate of drug-likeness (QED) is 0.749. The van der Waals surface area contributed by atoms with Crippen LogP contribution in [0.15, 0.2) is 18.2 Å². The molecule has 1 saturated heterocycles. The van der Waals surface area contributed by atoms with Crippen molar-refractivity contribution in [1.29, 1.82) is 0 Å². The summed E-state index contributed by atoms with van der Waals surface area (Å²) < 4.78 is 21.2. The fraction of sp³-hybridized carbons (Fsp3) is 0.533. The topological polar surface area (TPSA) is 54.0 Å². The highest BCUT2D eigenvalue weighted by molar-refractivity contribution is 5.99. The van der Waals surface area contributed by atoms with E-state index in [1.54, 1.807) is 32.4 Å². The Hall–Kier alpha value is -1.59. The van der Waals surface area contributed by atoms with Crippen LogP contribution in [0.5, 0.6) is 11.5 Å². The maximum absolute atomic E-state index is 12.3. The molecule has 0 atom stereocenters. The van der Waals surface area contributed by atoms with Crippen LogP contribution in [0.2, 0.25) is 0 Å². The Morgan fingerprint density at radius 2 is 2.00 bits per heavy atom. The van der Waals surface area contributed by atoms with Gasteiger partial charge in [0.2, 0.25) is 0 Å². The van der Waals surface area contributed by atoms with E-state index in [9.17, 15) is 4.79 Å². The van der Waals surface area contributed by atoms with E-state index in [-0.39, 0.29) is 12.1 Å². The molecule has 1 aromatic carbocycles. The van der Waals surface area contributed by atoms with Crippen molar-refractivity contribution in [2.45, 2.75) is 25.6 Å². The van der Waals surface area contributed by atoms with Crippen LogP contribution < -0.4 is 9.47 Å². The first-order chi connectivity index (χ1) is 9.74. The molecule has 5 nitrogen and oxygen atoms in total. The van der Waals surface area contributed by atoms with E-state index in [2.05, 4.69) is 0 Å². The Morgan fingerprint density at radius 3 is 2.65 bits per heavy atom. The normalized spacial score (nSPS) is 15.9. The molecule has 0 amide bonds. The predicted octanol–water partition coefficient (Wildman–Crippen LogP) is 2.43. The van der Waals surface area contributed by atoms with Gasteiger partial charge in [0.05, 0.1) is 33.0 Å². The SMILES string of the molecule is COc1ccc(OC)c(C(=O)CCC2OCCCO2)c1. The minimum Gasteiger partial charge on any atom is -0.497 e. The van der Waals surface area contributed by atoms with Gasteiger partial charge < -0.3 is 18.9 Å². The average Bonchev–Trinajstić information content (AvgIpc) is 2.52. The number of carbonyl (C=O) groups excluding carboxylic acids is 1. The predicted molar refractivity (Wildman–Crippen MR) is 73.4 cm³/mol. The van der Waals surface area contributed by atoms with Crippen LogP contribution in [0, 0.1) is 0 Å². The van der Waals surface area contributed by atoms with Gasteiger partial charge in [0, 0.05) is 12.8 Å². The molecule has 1 aliphatic heterocycles. The first-order valence-electron chi connectivity index (χ1n) is 6.73. The van der Waals surface area contributed by atoms with Gasteiger partial charge in [-0.3, -0.25) is 4.79 Å². The maximum Gasteiger partial charge on any atom is 0.166 e. The number of ether oxygens (including phenoxy) is 4. The van der Waals surface area contributed by atoms with Gasteiger partial charge in [-0.05, 0) is 24.6 Å². The van der Waals surface area contributed by atoms with Gasteiger partial charge in [-0.15, -0.1) is 0 Å². The number of hydrogen-bond donors (Lipinski definition) is 0. The molecule has 1 heterocycles. The zero-order chi connectivity index (χ0) is 14.4. The van der Waals surface area contributed by atoms with Crippen LogP contribution in [0.4, 0.5) is 0 Å². The zero-order valence-corrected chi connectivity index (χ0v) is 11.9. The Morgan fingerprint density at radius 1 is 1.25 bits per heavy atom. The van der Waals surface area contributed by atoms with Crippen molar-refractivity contribution in [2.24, 2.45) is 0 Å². The molecule has 1 aromatic rings. The van der Waals surface area contributed by atoms with E-state index < -0.39 is 0 Å². The van der Waals surface area contributed by atoms with Crippen molar-refractivity contribution in [3.05, 3.63) is 23.8 Å². The number of rotatable bonds is 6. The van der Waals surface area contributed by atoms with Gasteiger partial charge in [-0.2, -0.15) is 0 Å². The summed E-state index contributed by atoms with van der Waals surface area (Å²) in [6.07, 6.45) is 1.55. The number of ketones is 1. The van der Waals surface area contributed by atoms with Crippen LogP contribution in [0.25, 0.3) is 0 Å². The highest BCUT2D eigenvalue weighted by Gasteiger charge is 2.18. The monoisotopic (exact) mass is 280 g/mol. The van der Waals surface area contributed by atoms with Crippen LogP contribution >= 0.6 is 0 Å². The molecule has 1 fully saturated rings. The van der Waals surface area contributed by atoms with Crippen molar-refractivity contribution < 1.29 is 23.7 Å². The highest BCUT2D eigenvalue weighted by Crippen LogP contribution is 2.26. The minimum atomic E-state index is -0.274. The molecule has 0 aromatic heterocycles. The number of benzene rings is 1. The first kappa shape index (κ1) is 14.8. The smallest absolute Gasteiger partial charge is 0.166 e. The van der Waals surface area contributed by atoms with Crippen molar-refractivity contribution in [2.75, 3.05) is 27.4 Å². The molecular formula is C15H20O5. The number of Topliss-reactive ketones (excluding diaryl/α,β-unsaturated/α-hetero) is 1. The van der Waals surface area contributed by atoms with Crippen LogP contribution in [-0.4, -0.2) is 39.5 Å². The summed E-state index contributed by atoms with van der Waals surface area (Å²) >= 11 is 0. The summed E-state index contributed by atoms with van der Waals surface area (Å²) in [4.78, 5) is 12.3. The van der Waals surface area contributed by atoms with Crippen molar-refractivity contribution in [1.82, 2.24) is 0 Å². The summed E-state index contributed by atoms with van der Waals surface area (Å²) in [5.74, 6) is 1.19. The molecule has 0 saturated carbocycles. The van der Waals surface area contributed by atoms with Crippen LogP contribution in [0.3, 0.4) is 0 Å². The van der Waals surface area contributed by atoms with Crippen molar-refractivity contribution in [3.63, 3.8) is 0 Å². The lowest BCUT2D eigenvalue weighted by atomic mass is 10.0. The van der Waals surface area contributed by atoms with Crippen LogP contribution in [0.1, 0.15) is 29.6 Å². The standard InChI is InChI=1S/C15H20O5/c1-17-11-4-6-14(18-2)12(10-11)13(16)5-7-15-19-8-3-9-20-15/h4,6,10,15H,3,5,7-9H2,1-2H3. The van der Waals surface area contributed by atoms with Crippen molar-refractivity contribution >= 4 is 5.78 Å². The highest BCUT2D eigenvalue weighted by atomic mass is 16.7. The lowest BCUT2D eigenvalue weighted by Gasteiger charge is -2.22. The van der Waals surface area contributed by atoms with Crippen molar-refractivity contribution in [3.8, 4) is 11.5 Å². The number of carbonyl (C=O) groups is 1. The van der Waals surface area contributed by atoms with E-state index >= 15 is 0 Å². The summed E-state index contributed by atoms with van der Waals surface area (Å²) in [6, 6.07) is 5.20. The first-order valence-corrected chi connectivity index (χ1v) is 6.73. The molecule has 0 N–H and O–H groups in total. The van der Waals surface area contributed by atoms with Crippen LogP contribution in [-0.2, 0) is 9.47 Å². The maximum atomic E-state index is 12.3. The third-order valence-corrected chi connectivity index (χ3v) is 3.21. The third kappa shape index (κ3) is 3.71. The number of methoxy groups -OCH3 is 2. The largest absolute Gasteiger partial charge is 0.497 e. The molecule has 0 radical (unpaired) electrons. The van der Waals surface area contributed by atoms with E-state index in [4.69, 9.17) is 18.9 Å². The fourth-order valence-corrected chi connectivity index (χ4v) is 2.12. The molecule has 1 aliphatic rings. The van der Waals surface area contributed by atoms with E-state index in [0.717, 1.165) is 6.42 Å². The third-order valence-electron chi connectivity index (χ3n) is 3.21. The molecule has 0 unspecified atom stereocenters. The van der Waals surface area contributed by atoms with Gasteiger partial charge in [-0.1, -0.05) is 0 Å². The summed E-state index contributed by atoms with van der Waals surface area (Å²) in [7, 11) is 3.12. The molecule has 20 heavy (non-hydrogen) atoms. The molecular weight excluding hydrogens is 260 g/mol. The number of hydrogen-bond acceptors (Lipinski definition) is 5. The second-order valence-electron chi connectivity index (χ2n) is 4.55. The minimum absolute atomic E-state index is 0.00137. The Labute approximate surface area is 118 Å². The van der Waals surface area contributed by atoms with E-state index in [1.807, 2.05) is 0 Å². The summed E-state index contributed by atoms with van der Waals surface area (Å²) in [6.45, 7) is 1.39. The summed E-state index contributed by atoms with van der Waals surface area (Å²) in [5.41, 5.74) is 0.530. The molecule has 5 heteroatoms. The molecule has 0 bridgehead atoms. The second-order valence-corrected chi connectivity index (χ2v) is 4.55. The molecule has 0 aliphatic carbocycles. The van der Waals surface area contributed by atoms with E-state index in [0.29, 0.717) is 43.1 Å². The zero-order valence-electron chi connectivity index (χ0n) is 11.9. The molecule has 0 spiro atoms. The lowest BCUT2D eigenvalue weighted by molar-refractivity contribution is -0.180. The van der Waals surface area contributed by atoms with Gasteiger partial charge in [0.25, 0.3) is 0 Å². The van der Waals surface area contributed by atoms with E-state index in [1.165, 1.54) is 0 Å². The van der Waals surface area contributed by atoms with Gasteiger partial charge >= 0.3 is 0 Å². The van der Waals surface area contributed by atoms with Gasteiger partial charge in [0.1, 0.15) is 11.5 Å². The summed E-state index contributed by atoms with van der Waals surface area (Å²) in [5, 5.41) is 0.